The second-order valence-electron chi connectivity index (χ2n) is 7.03. The molecule has 0 aliphatic carbocycles. The highest BCUT2D eigenvalue weighted by molar-refractivity contribution is 7.22. The van der Waals surface area contributed by atoms with E-state index >= 15 is 0 Å². The summed E-state index contributed by atoms with van der Waals surface area (Å²) >= 11 is 3.31. The topological polar surface area (TPSA) is 51.2 Å². The average molecular weight is 421 g/mol. The van der Waals surface area contributed by atoms with Crippen LogP contribution in [-0.4, -0.2) is 17.5 Å². The number of ether oxygens (including phenoxy) is 1. The Morgan fingerprint density at radius 2 is 1.90 bits per heavy atom. The molecule has 1 N–H and O–H groups in total. The zero-order chi connectivity index (χ0) is 19.6. The van der Waals surface area contributed by atoms with Crippen molar-refractivity contribution >= 4 is 43.8 Å². The lowest BCUT2D eigenvalue weighted by Crippen LogP contribution is -2.12. The van der Waals surface area contributed by atoms with E-state index in [1.807, 2.05) is 36.4 Å². The molecule has 3 heterocycles. The van der Waals surface area contributed by atoms with Gasteiger partial charge in [0.15, 0.2) is 0 Å². The number of amides is 1. The molecule has 0 bridgehead atoms. The maximum Gasteiger partial charge on any atom is 0.225 e. The monoisotopic (exact) mass is 420 g/mol. The van der Waals surface area contributed by atoms with E-state index in [1.165, 1.54) is 16.0 Å². The molecular weight excluding hydrogens is 400 g/mol. The molecule has 0 fully saturated rings. The van der Waals surface area contributed by atoms with Gasteiger partial charge < -0.3 is 10.1 Å². The number of para-hydroxylation sites is 1. The minimum Gasteiger partial charge on any atom is -0.376 e. The van der Waals surface area contributed by atoms with Gasteiger partial charge in [0.05, 0.1) is 23.4 Å². The second kappa shape index (κ2) is 8.06. The molecule has 2 aromatic heterocycles. The maximum atomic E-state index is 12.7. The van der Waals surface area contributed by atoms with Crippen LogP contribution in [0.15, 0.2) is 54.6 Å². The SMILES string of the molecule is O=C(CCc1ccccc1)Nc1sc2c(c1-c1nc3ccccc3s1)CCOC2. The fourth-order valence-corrected chi connectivity index (χ4v) is 5.93. The smallest absolute Gasteiger partial charge is 0.225 e. The maximum absolute atomic E-state index is 12.7. The summed E-state index contributed by atoms with van der Waals surface area (Å²) in [5.74, 6) is 0.0377. The largest absolute Gasteiger partial charge is 0.376 e. The van der Waals surface area contributed by atoms with Crippen LogP contribution >= 0.6 is 22.7 Å². The number of thiophene rings is 1. The number of aromatic nitrogens is 1. The third kappa shape index (κ3) is 3.83. The lowest BCUT2D eigenvalue weighted by molar-refractivity contribution is -0.116. The van der Waals surface area contributed by atoms with Crippen LogP contribution in [0.2, 0.25) is 0 Å². The van der Waals surface area contributed by atoms with Gasteiger partial charge in [0.2, 0.25) is 5.91 Å². The summed E-state index contributed by atoms with van der Waals surface area (Å²) in [6, 6.07) is 18.3. The summed E-state index contributed by atoms with van der Waals surface area (Å²) in [4.78, 5) is 18.8. The number of hydrogen-bond acceptors (Lipinski definition) is 5. The Balaban J connectivity index is 1.44. The first-order chi connectivity index (χ1) is 14.3. The molecule has 4 aromatic rings. The van der Waals surface area contributed by atoms with Crippen molar-refractivity contribution in [2.45, 2.75) is 25.9 Å². The number of carbonyl (C=O) groups excluding carboxylic acids is 1. The molecular formula is C23H20N2O2S2. The number of carbonyl (C=O) groups is 1. The Morgan fingerprint density at radius 1 is 1.07 bits per heavy atom. The van der Waals surface area contributed by atoms with Gasteiger partial charge in [-0.15, -0.1) is 22.7 Å². The molecule has 146 valence electrons. The Kier molecular flexibility index (Phi) is 5.14. The van der Waals surface area contributed by atoms with Gasteiger partial charge in [-0.1, -0.05) is 42.5 Å². The normalized spacial score (nSPS) is 13.4. The molecule has 0 spiro atoms. The van der Waals surface area contributed by atoms with Crippen molar-refractivity contribution in [1.29, 1.82) is 0 Å². The summed E-state index contributed by atoms with van der Waals surface area (Å²) in [6.07, 6.45) is 2.05. The third-order valence-corrected chi connectivity index (χ3v) is 7.24. The van der Waals surface area contributed by atoms with Crippen LogP contribution in [0.1, 0.15) is 22.4 Å². The van der Waals surface area contributed by atoms with E-state index in [4.69, 9.17) is 9.72 Å². The second-order valence-corrected chi connectivity index (χ2v) is 9.17. The zero-order valence-electron chi connectivity index (χ0n) is 15.8. The molecule has 1 aliphatic heterocycles. The number of hydrogen-bond donors (Lipinski definition) is 1. The van der Waals surface area contributed by atoms with Crippen LogP contribution in [0.3, 0.4) is 0 Å². The number of nitrogens with zero attached hydrogens (tertiary/aromatic N) is 1. The van der Waals surface area contributed by atoms with Crippen LogP contribution in [0.5, 0.6) is 0 Å². The van der Waals surface area contributed by atoms with Gasteiger partial charge in [-0.05, 0) is 36.1 Å². The van der Waals surface area contributed by atoms with Crippen molar-refractivity contribution in [2.75, 3.05) is 11.9 Å². The summed E-state index contributed by atoms with van der Waals surface area (Å²) < 4.78 is 6.81. The molecule has 1 aliphatic rings. The third-order valence-electron chi connectivity index (χ3n) is 5.06. The highest BCUT2D eigenvalue weighted by Crippen LogP contribution is 2.45. The van der Waals surface area contributed by atoms with Gasteiger partial charge in [0.25, 0.3) is 0 Å². The van der Waals surface area contributed by atoms with Crippen molar-refractivity contribution in [3.63, 3.8) is 0 Å². The van der Waals surface area contributed by atoms with Crippen LogP contribution in [-0.2, 0) is 29.0 Å². The van der Waals surface area contributed by atoms with E-state index in [-0.39, 0.29) is 5.91 Å². The number of rotatable bonds is 5. The van der Waals surface area contributed by atoms with Crippen LogP contribution in [0, 0.1) is 0 Å². The molecule has 4 nitrogen and oxygen atoms in total. The molecule has 0 saturated heterocycles. The highest BCUT2D eigenvalue weighted by Gasteiger charge is 2.25. The van der Waals surface area contributed by atoms with Crippen molar-refractivity contribution in [2.24, 2.45) is 0 Å². The standard InChI is InChI=1S/C23H20N2O2S2/c26-20(11-10-15-6-2-1-3-7-15)25-23-21(16-12-13-27-14-19(16)29-23)22-24-17-8-4-5-9-18(17)28-22/h1-9H,10-14H2,(H,25,26). The highest BCUT2D eigenvalue weighted by atomic mass is 32.1. The average Bonchev–Trinajstić information content (AvgIpc) is 3.33. The van der Waals surface area contributed by atoms with E-state index in [0.717, 1.165) is 38.6 Å². The minimum atomic E-state index is 0.0377. The van der Waals surface area contributed by atoms with E-state index in [1.54, 1.807) is 22.7 Å². The summed E-state index contributed by atoms with van der Waals surface area (Å²) in [7, 11) is 0. The molecule has 1 amide bonds. The number of anilines is 1. The van der Waals surface area contributed by atoms with Gasteiger partial charge in [-0.25, -0.2) is 4.98 Å². The van der Waals surface area contributed by atoms with Crippen molar-refractivity contribution in [1.82, 2.24) is 4.98 Å². The van der Waals surface area contributed by atoms with Crippen molar-refractivity contribution in [3.05, 3.63) is 70.6 Å². The number of thiazole rings is 1. The molecule has 29 heavy (non-hydrogen) atoms. The van der Waals surface area contributed by atoms with Crippen molar-refractivity contribution < 1.29 is 9.53 Å². The van der Waals surface area contributed by atoms with E-state index in [9.17, 15) is 4.79 Å². The number of fused-ring (bicyclic) bond motifs is 2. The first-order valence-corrected chi connectivity index (χ1v) is 11.3. The molecule has 6 heteroatoms. The minimum absolute atomic E-state index is 0.0377. The fraction of sp³-hybridized carbons (Fsp3) is 0.217. The Labute approximate surface area is 177 Å². The quantitative estimate of drug-likeness (QED) is 0.453. The molecule has 0 unspecified atom stereocenters. The first-order valence-electron chi connectivity index (χ1n) is 9.70. The summed E-state index contributed by atoms with van der Waals surface area (Å²) in [5.41, 5.74) is 4.54. The van der Waals surface area contributed by atoms with E-state index < -0.39 is 0 Å². The lowest BCUT2D eigenvalue weighted by atomic mass is 10.1. The predicted octanol–water partition coefficient (Wildman–Crippen LogP) is 5.67. The van der Waals surface area contributed by atoms with Crippen LogP contribution in [0.4, 0.5) is 5.00 Å². The van der Waals surface area contributed by atoms with Crippen LogP contribution in [0.25, 0.3) is 20.8 Å². The van der Waals surface area contributed by atoms with Gasteiger partial charge in [0, 0.05) is 16.9 Å². The summed E-state index contributed by atoms with van der Waals surface area (Å²) in [6.45, 7) is 1.32. The fourth-order valence-electron chi connectivity index (χ4n) is 3.62. The Hall–Kier alpha value is -2.54. The number of nitrogens with one attached hydrogen (secondary N) is 1. The predicted molar refractivity (Wildman–Crippen MR) is 120 cm³/mol. The zero-order valence-corrected chi connectivity index (χ0v) is 17.4. The van der Waals surface area contributed by atoms with Gasteiger partial charge in [0.1, 0.15) is 10.0 Å². The Morgan fingerprint density at radius 3 is 2.76 bits per heavy atom. The molecule has 0 atom stereocenters. The molecule has 2 aromatic carbocycles. The van der Waals surface area contributed by atoms with Crippen molar-refractivity contribution in [3.8, 4) is 10.6 Å². The van der Waals surface area contributed by atoms with Gasteiger partial charge in [-0.2, -0.15) is 0 Å². The first kappa shape index (κ1) is 18.5. The van der Waals surface area contributed by atoms with E-state index in [0.29, 0.717) is 19.6 Å². The lowest BCUT2D eigenvalue weighted by Gasteiger charge is -2.12. The van der Waals surface area contributed by atoms with Crippen LogP contribution < -0.4 is 5.32 Å². The molecule has 0 saturated carbocycles. The van der Waals surface area contributed by atoms with Gasteiger partial charge >= 0.3 is 0 Å². The number of benzene rings is 2. The van der Waals surface area contributed by atoms with E-state index in [2.05, 4.69) is 23.5 Å². The molecule has 5 rings (SSSR count). The van der Waals surface area contributed by atoms with Gasteiger partial charge in [-0.3, -0.25) is 4.79 Å². The number of aryl methyl sites for hydroxylation is 1. The summed E-state index contributed by atoms with van der Waals surface area (Å²) in [5, 5.41) is 5.05. The molecule has 0 radical (unpaired) electrons. The Bertz CT molecular complexity index is 1130.